The van der Waals surface area contributed by atoms with Crippen molar-refractivity contribution in [1.29, 1.82) is 0 Å². The number of carboxylic acid groups (broad SMARTS) is 1. The second-order valence-corrected chi connectivity index (χ2v) is 2.71. The number of aromatic carboxylic acids is 1. The first-order valence-electron chi connectivity index (χ1n) is 4.13. The highest BCUT2D eigenvalue weighted by molar-refractivity contribution is 5.86. The summed E-state index contributed by atoms with van der Waals surface area (Å²) in [7, 11) is 0. The van der Waals surface area contributed by atoms with Crippen molar-refractivity contribution in [3.63, 3.8) is 0 Å². The van der Waals surface area contributed by atoms with Crippen molar-refractivity contribution in [3.8, 4) is 0 Å². The van der Waals surface area contributed by atoms with Crippen molar-refractivity contribution in [2.75, 3.05) is 6.54 Å². The summed E-state index contributed by atoms with van der Waals surface area (Å²) in [5.74, 6) is -0.979. The first kappa shape index (κ1) is 9.67. The molecule has 0 atom stereocenters. The molecule has 0 aliphatic carbocycles. The van der Waals surface area contributed by atoms with Crippen molar-refractivity contribution in [3.05, 3.63) is 29.6 Å². The fourth-order valence-electron chi connectivity index (χ4n) is 1.13. The van der Waals surface area contributed by atoms with Gasteiger partial charge in [-0.15, -0.1) is 0 Å². The van der Waals surface area contributed by atoms with E-state index < -0.39 is 5.97 Å². The van der Waals surface area contributed by atoms with Crippen LogP contribution in [-0.2, 0) is 6.42 Å². The number of aryl methyl sites for hydroxylation is 1. The summed E-state index contributed by atoms with van der Waals surface area (Å²) in [5.41, 5.74) is 6.22. The van der Waals surface area contributed by atoms with Gasteiger partial charge in [0.25, 0.3) is 0 Å². The number of aromatic nitrogens is 1. The number of hydrogen-bond donors (Lipinski definition) is 2. The Bertz CT molecular complexity index is 299. The zero-order chi connectivity index (χ0) is 9.68. The first-order chi connectivity index (χ1) is 6.25. The van der Waals surface area contributed by atoms with Crippen LogP contribution in [0.4, 0.5) is 0 Å². The van der Waals surface area contributed by atoms with Gasteiger partial charge < -0.3 is 10.8 Å². The Morgan fingerprint density at radius 1 is 1.62 bits per heavy atom. The standard InChI is InChI=1S/C9H12N2O2/c10-5-1-3-7-4-2-6-11-8(7)9(12)13/h2,4,6H,1,3,5,10H2,(H,12,13). The van der Waals surface area contributed by atoms with Crippen molar-refractivity contribution in [2.45, 2.75) is 12.8 Å². The topological polar surface area (TPSA) is 76.2 Å². The third-order valence-electron chi connectivity index (χ3n) is 1.74. The lowest BCUT2D eigenvalue weighted by molar-refractivity contribution is 0.0689. The van der Waals surface area contributed by atoms with Crippen LogP contribution in [-0.4, -0.2) is 22.6 Å². The summed E-state index contributed by atoms with van der Waals surface area (Å²) in [4.78, 5) is 14.5. The summed E-state index contributed by atoms with van der Waals surface area (Å²) in [6, 6.07) is 3.50. The molecule has 0 unspecified atom stereocenters. The smallest absolute Gasteiger partial charge is 0.354 e. The Morgan fingerprint density at radius 2 is 2.38 bits per heavy atom. The summed E-state index contributed by atoms with van der Waals surface area (Å²) in [6.07, 6.45) is 2.94. The quantitative estimate of drug-likeness (QED) is 0.714. The fourth-order valence-corrected chi connectivity index (χ4v) is 1.13. The Morgan fingerprint density at radius 3 is 3.00 bits per heavy atom. The van der Waals surface area contributed by atoms with Gasteiger partial charge >= 0.3 is 5.97 Å². The van der Waals surface area contributed by atoms with E-state index in [-0.39, 0.29) is 5.69 Å². The number of pyridine rings is 1. The van der Waals surface area contributed by atoms with Crippen molar-refractivity contribution >= 4 is 5.97 Å². The van der Waals surface area contributed by atoms with Crippen LogP contribution in [0.2, 0.25) is 0 Å². The lowest BCUT2D eigenvalue weighted by atomic mass is 10.1. The molecule has 1 heterocycles. The Labute approximate surface area is 76.4 Å². The van der Waals surface area contributed by atoms with E-state index in [1.807, 2.05) is 0 Å². The molecule has 0 saturated heterocycles. The van der Waals surface area contributed by atoms with E-state index in [1.54, 1.807) is 12.1 Å². The molecule has 0 amide bonds. The molecule has 1 aromatic heterocycles. The Balaban J connectivity index is 2.84. The van der Waals surface area contributed by atoms with E-state index in [0.29, 0.717) is 13.0 Å². The van der Waals surface area contributed by atoms with E-state index in [0.717, 1.165) is 12.0 Å². The summed E-state index contributed by atoms with van der Waals surface area (Å²) >= 11 is 0. The number of nitrogens with two attached hydrogens (primary N) is 1. The van der Waals surface area contributed by atoms with Crippen LogP contribution in [0.1, 0.15) is 22.5 Å². The highest BCUT2D eigenvalue weighted by Gasteiger charge is 2.09. The largest absolute Gasteiger partial charge is 0.477 e. The van der Waals surface area contributed by atoms with Crippen LogP contribution in [0.15, 0.2) is 18.3 Å². The van der Waals surface area contributed by atoms with E-state index in [2.05, 4.69) is 4.98 Å². The zero-order valence-electron chi connectivity index (χ0n) is 7.23. The van der Waals surface area contributed by atoms with Crippen molar-refractivity contribution < 1.29 is 9.90 Å². The SMILES string of the molecule is NCCCc1cccnc1C(=O)O. The van der Waals surface area contributed by atoms with E-state index in [9.17, 15) is 4.79 Å². The van der Waals surface area contributed by atoms with Gasteiger partial charge in [0.2, 0.25) is 0 Å². The molecule has 4 heteroatoms. The Kier molecular flexibility index (Phi) is 3.40. The minimum atomic E-state index is -0.979. The normalized spacial score (nSPS) is 9.92. The molecule has 1 rings (SSSR count). The maximum absolute atomic E-state index is 10.7. The number of nitrogens with zero attached hydrogens (tertiary/aromatic N) is 1. The van der Waals surface area contributed by atoms with Gasteiger partial charge in [-0.3, -0.25) is 0 Å². The average molecular weight is 180 g/mol. The van der Waals surface area contributed by atoms with Gasteiger partial charge in [0.05, 0.1) is 0 Å². The van der Waals surface area contributed by atoms with E-state index in [4.69, 9.17) is 10.8 Å². The number of rotatable bonds is 4. The van der Waals surface area contributed by atoms with Crippen LogP contribution in [0, 0.1) is 0 Å². The number of hydrogen-bond acceptors (Lipinski definition) is 3. The highest BCUT2D eigenvalue weighted by Crippen LogP contribution is 2.07. The summed E-state index contributed by atoms with van der Waals surface area (Å²) in [6.45, 7) is 0.563. The molecule has 70 valence electrons. The third-order valence-corrected chi connectivity index (χ3v) is 1.74. The van der Waals surface area contributed by atoms with Crippen molar-refractivity contribution in [1.82, 2.24) is 4.98 Å². The number of carboxylic acids is 1. The first-order valence-corrected chi connectivity index (χ1v) is 4.13. The molecule has 0 aliphatic rings. The zero-order valence-corrected chi connectivity index (χ0v) is 7.23. The van der Waals surface area contributed by atoms with Crippen LogP contribution in [0.25, 0.3) is 0 Å². The van der Waals surface area contributed by atoms with Gasteiger partial charge in [0.1, 0.15) is 0 Å². The van der Waals surface area contributed by atoms with Gasteiger partial charge in [-0.2, -0.15) is 0 Å². The van der Waals surface area contributed by atoms with Crippen LogP contribution in [0.5, 0.6) is 0 Å². The van der Waals surface area contributed by atoms with Crippen LogP contribution in [0.3, 0.4) is 0 Å². The molecule has 0 radical (unpaired) electrons. The molecule has 0 fully saturated rings. The summed E-state index contributed by atoms with van der Waals surface area (Å²) < 4.78 is 0. The van der Waals surface area contributed by atoms with Crippen LogP contribution < -0.4 is 5.73 Å². The van der Waals surface area contributed by atoms with E-state index in [1.165, 1.54) is 6.20 Å². The predicted molar refractivity (Wildman–Crippen MR) is 48.6 cm³/mol. The van der Waals surface area contributed by atoms with Crippen molar-refractivity contribution in [2.24, 2.45) is 5.73 Å². The average Bonchev–Trinajstić information content (AvgIpc) is 2.15. The van der Waals surface area contributed by atoms with Gasteiger partial charge in [-0.25, -0.2) is 9.78 Å². The molecule has 0 aromatic carbocycles. The lowest BCUT2D eigenvalue weighted by Crippen LogP contribution is -2.07. The maximum Gasteiger partial charge on any atom is 0.354 e. The highest BCUT2D eigenvalue weighted by atomic mass is 16.4. The molecule has 1 aromatic rings. The minimum Gasteiger partial charge on any atom is -0.477 e. The monoisotopic (exact) mass is 180 g/mol. The van der Waals surface area contributed by atoms with E-state index >= 15 is 0 Å². The van der Waals surface area contributed by atoms with Gasteiger partial charge in [0, 0.05) is 6.20 Å². The fraction of sp³-hybridized carbons (Fsp3) is 0.333. The molecule has 0 spiro atoms. The Hall–Kier alpha value is -1.42. The predicted octanol–water partition coefficient (Wildman–Crippen LogP) is 0.671. The molecule has 0 aliphatic heterocycles. The van der Waals surface area contributed by atoms with Gasteiger partial charge in [-0.1, -0.05) is 6.07 Å². The summed E-state index contributed by atoms with van der Waals surface area (Å²) in [5, 5.41) is 8.77. The molecule has 0 saturated carbocycles. The van der Waals surface area contributed by atoms with Gasteiger partial charge in [-0.05, 0) is 31.0 Å². The molecular formula is C9H12N2O2. The molecule has 0 bridgehead atoms. The molecule has 13 heavy (non-hydrogen) atoms. The number of carbonyl (C=O) groups is 1. The second-order valence-electron chi connectivity index (χ2n) is 2.71. The lowest BCUT2D eigenvalue weighted by Gasteiger charge is -2.02. The van der Waals surface area contributed by atoms with Crippen LogP contribution >= 0.6 is 0 Å². The molecular weight excluding hydrogens is 168 g/mol. The second kappa shape index (κ2) is 4.57. The third kappa shape index (κ3) is 2.52. The minimum absolute atomic E-state index is 0.135. The molecule has 3 N–H and O–H groups in total. The molecule has 4 nitrogen and oxygen atoms in total. The van der Waals surface area contributed by atoms with Gasteiger partial charge in [0.15, 0.2) is 5.69 Å². The maximum atomic E-state index is 10.7.